The van der Waals surface area contributed by atoms with Gasteiger partial charge in [-0.2, -0.15) is 0 Å². The number of carbonyl (C=O) groups excluding carboxylic acids is 5. The molecule has 16 heteroatoms. The molecule has 0 spiro atoms. The summed E-state index contributed by atoms with van der Waals surface area (Å²) in [7, 11) is 6.11. The van der Waals surface area contributed by atoms with E-state index in [9.17, 15) is 33.9 Å². The van der Waals surface area contributed by atoms with Gasteiger partial charge in [-0.3, -0.25) is 29.0 Å². The predicted octanol–water partition coefficient (Wildman–Crippen LogP) is 9.28. The van der Waals surface area contributed by atoms with Gasteiger partial charge < -0.3 is 33.7 Å². The molecule has 4 aliphatic heterocycles. The van der Waals surface area contributed by atoms with Gasteiger partial charge in [-0.15, -0.1) is 0 Å². The van der Waals surface area contributed by atoms with Gasteiger partial charge in [-0.25, -0.2) is 14.6 Å². The van der Waals surface area contributed by atoms with E-state index in [1.54, 1.807) is 24.5 Å². The molecule has 1 N–H and O–H groups in total. The van der Waals surface area contributed by atoms with Crippen molar-refractivity contribution in [3.63, 3.8) is 0 Å². The highest BCUT2D eigenvalue weighted by molar-refractivity contribution is 5.94. The zero-order valence-corrected chi connectivity index (χ0v) is 48.2. The number of ketones is 2. The Morgan fingerprint density at radius 2 is 1.65 bits per heavy atom. The fourth-order valence-electron chi connectivity index (χ4n) is 16.4. The predicted molar refractivity (Wildman–Crippen MR) is 307 cm³/mol. The number of allylic oxidation sites excluding steroid dienone is 4. The SMILES string of the molecule is CC[C@@]1(O)C(=O)OCc2c1cc1n(c2=O)Cc2cc3c(CN(C)C)c(OC(=O)N4C5CCC4CN(CCCCCCN(C)c4ccc([C@H]6C[C@@]7(C)[C@@H](CC[C@]7(OC(C)=O)C(C)=O)[C@@H]7CCC8=CC(=O)CCC8=C76)cc4)C5)ccc3nc2-1. The smallest absolute Gasteiger partial charge is 0.415 e. The summed E-state index contributed by atoms with van der Waals surface area (Å²) in [5.74, 6) is 0.0385. The molecule has 12 rings (SSSR count). The number of nitrogens with zero attached hydrogens (tertiary/aromatic N) is 6. The van der Waals surface area contributed by atoms with E-state index >= 15 is 0 Å². The maximum atomic E-state index is 14.2. The monoisotopic (exact) mass is 1100 g/mol. The number of aliphatic hydroxyl groups is 1. The first-order valence-corrected chi connectivity index (χ1v) is 29.8. The Bertz CT molecular complexity index is 3390. The minimum absolute atomic E-state index is 0.0573. The standard InChI is InChI=1S/C65H78N6O10/c1-8-64(78)54-31-56-59-42(33-70(56)60(75)52(54)37-79-61(64)76)30-49-51(36-67(5)6)57(24-23-55(49)66-59)80-62(77)71-44-18-19-45(71)35-69(34-44)28-12-10-9-11-27-68(7)43-16-13-40(14-17-43)50-32-63(4)53(25-26-65(63,38(2)72)81-39(3)73)48-21-15-41-29-46(74)20-22-47(41)58(48)50/h13-14,16-17,23-24,29-31,44-45,48,50,53,78H,8-12,15,18-22,25-28,32-37H2,1-7H3/t44?,45?,48-,50+,53-,63-,64-,65-/m0/s1. The number of piperazine rings is 1. The van der Waals surface area contributed by atoms with Crippen LogP contribution in [0.4, 0.5) is 10.5 Å². The van der Waals surface area contributed by atoms with Crippen molar-refractivity contribution in [1.82, 2.24) is 24.3 Å². The lowest BCUT2D eigenvalue weighted by atomic mass is 9.50. The summed E-state index contributed by atoms with van der Waals surface area (Å²) in [6.07, 6.45) is 13.2. The number of fused-ring (bicyclic) bond motifs is 11. The zero-order valence-electron chi connectivity index (χ0n) is 48.2. The summed E-state index contributed by atoms with van der Waals surface area (Å²) < 4.78 is 19.4. The first kappa shape index (κ1) is 55.1. The number of benzene rings is 2. The van der Waals surface area contributed by atoms with Crippen molar-refractivity contribution in [3.05, 3.63) is 109 Å². The van der Waals surface area contributed by atoms with E-state index in [1.165, 1.54) is 29.2 Å². The van der Waals surface area contributed by atoms with Crippen LogP contribution in [-0.2, 0) is 53.9 Å². The number of esters is 2. The molecule has 2 aromatic carbocycles. The van der Waals surface area contributed by atoms with Crippen LogP contribution >= 0.6 is 0 Å². The highest BCUT2D eigenvalue weighted by Gasteiger charge is 2.67. The molecule has 4 aromatic rings. The Labute approximate surface area is 474 Å². The highest BCUT2D eigenvalue weighted by Crippen LogP contribution is 2.68. The number of amides is 1. The van der Waals surface area contributed by atoms with Crippen molar-refractivity contribution < 1.29 is 43.3 Å². The fraction of sp³-hybridized carbons (Fsp3) is 0.554. The van der Waals surface area contributed by atoms with Crippen LogP contribution in [-0.4, -0.2) is 124 Å². The summed E-state index contributed by atoms with van der Waals surface area (Å²) in [5, 5.41) is 12.2. The van der Waals surface area contributed by atoms with E-state index in [0.29, 0.717) is 48.5 Å². The second-order valence-corrected chi connectivity index (χ2v) is 25.3. The van der Waals surface area contributed by atoms with Crippen molar-refractivity contribution in [2.45, 2.75) is 166 Å². The van der Waals surface area contributed by atoms with Gasteiger partial charge in [0, 0.05) is 97.8 Å². The van der Waals surface area contributed by atoms with Crippen molar-refractivity contribution in [2.75, 3.05) is 52.2 Å². The first-order chi connectivity index (χ1) is 38.8. The van der Waals surface area contributed by atoms with Crippen LogP contribution in [0.15, 0.2) is 76.1 Å². The zero-order chi connectivity index (χ0) is 56.9. The topological polar surface area (TPSA) is 181 Å². The van der Waals surface area contributed by atoms with Crippen molar-refractivity contribution >= 4 is 46.2 Å². The molecule has 16 nitrogen and oxygen atoms in total. The molecule has 2 bridgehead atoms. The molecule has 1 amide bonds. The number of hydrogen-bond donors (Lipinski definition) is 1. The van der Waals surface area contributed by atoms with Crippen LogP contribution in [0.3, 0.4) is 0 Å². The molecule has 2 saturated carbocycles. The number of ether oxygens (including phenoxy) is 3. The fourth-order valence-corrected chi connectivity index (χ4v) is 16.4. The number of Topliss-reactive ketones (excluding diaryl/α,β-unsaturated/α-hetero) is 1. The number of anilines is 1. The average Bonchev–Trinajstić information content (AvgIpc) is 3.14. The van der Waals surface area contributed by atoms with Crippen LogP contribution in [0.25, 0.3) is 22.3 Å². The second kappa shape index (κ2) is 21.0. The third-order valence-electron chi connectivity index (χ3n) is 20.4. The summed E-state index contributed by atoms with van der Waals surface area (Å²) >= 11 is 0. The number of cyclic esters (lactones) is 1. The van der Waals surface area contributed by atoms with E-state index in [-0.39, 0.29) is 83.8 Å². The summed E-state index contributed by atoms with van der Waals surface area (Å²) in [6.45, 7) is 11.1. The van der Waals surface area contributed by atoms with E-state index in [0.717, 1.165) is 113 Å². The van der Waals surface area contributed by atoms with Gasteiger partial charge in [0.2, 0.25) is 0 Å². The molecule has 2 saturated heterocycles. The number of likely N-dealkylation sites (tertiary alicyclic amines) is 1. The molecular weight excluding hydrogens is 1020 g/mol. The van der Waals surface area contributed by atoms with Crippen LogP contribution < -0.4 is 15.2 Å². The molecule has 8 atom stereocenters. The lowest BCUT2D eigenvalue weighted by Gasteiger charge is -2.55. The number of aromatic nitrogens is 2. The Balaban J connectivity index is 0.655. The van der Waals surface area contributed by atoms with E-state index in [2.05, 4.69) is 48.0 Å². The molecule has 0 radical (unpaired) electrons. The normalized spacial score (nSPS) is 28.2. The first-order valence-electron chi connectivity index (χ1n) is 29.8. The lowest BCUT2D eigenvalue weighted by Crippen LogP contribution is -2.57. The molecule has 2 aromatic heterocycles. The number of unbranched alkanes of at least 4 members (excludes halogenated alkanes) is 3. The molecule has 6 heterocycles. The van der Waals surface area contributed by atoms with Crippen LogP contribution in [0, 0.1) is 17.3 Å². The van der Waals surface area contributed by atoms with E-state index < -0.39 is 28.6 Å². The van der Waals surface area contributed by atoms with Crippen molar-refractivity contribution in [2.24, 2.45) is 17.3 Å². The van der Waals surface area contributed by atoms with E-state index in [1.807, 2.05) is 48.2 Å². The maximum Gasteiger partial charge on any atom is 0.415 e. The Morgan fingerprint density at radius 3 is 2.37 bits per heavy atom. The van der Waals surface area contributed by atoms with Crippen LogP contribution in [0.2, 0.25) is 0 Å². The molecule has 4 aliphatic carbocycles. The van der Waals surface area contributed by atoms with Gasteiger partial charge in [-0.1, -0.05) is 44.4 Å². The number of hydrogen-bond acceptors (Lipinski definition) is 14. The molecule has 8 aliphatic rings. The third kappa shape index (κ3) is 9.26. The average molecular weight is 1100 g/mol. The number of carbonyl (C=O) groups is 5. The van der Waals surface area contributed by atoms with Gasteiger partial charge in [0.15, 0.2) is 22.8 Å². The van der Waals surface area contributed by atoms with Crippen molar-refractivity contribution in [3.8, 4) is 17.1 Å². The molecular formula is C65H78N6O10. The molecule has 2 unspecified atom stereocenters. The summed E-state index contributed by atoms with van der Waals surface area (Å²) in [5.41, 5.74) is 6.59. The number of rotatable bonds is 15. The minimum Gasteiger partial charge on any atom is -0.458 e. The Kier molecular flexibility index (Phi) is 14.3. The second-order valence-electron chi connectivity index (χ2n) is 25.3. The van der Waals surface area contributed by atoms with Crippen LogP contribution in [0.5, 0.6) is 5.75 Å². The van der Waals surface area contributed by atoms with E-state index in [4.69, 9.17) is 19.2 Å². The molecule has 81 heavy (non-hydrogen) atoms. The van der Waals surface area contributed by atoms with Crippen LogP contribution in [0.1, 0.15) is 151 Å². The maximum absolute atomic E-state index is 14.2. The van der Waals surface area contributed by atoms with Gasteiger partial charge in [-0.05, 0) is 169 Å². The quantitative estimate of drug-likeness (QED) is 0.0774. The summed E-state index contributed by atoms with van der Waals surface area (Å²) in [6, 6.07) is 16.6. The Morgan fingerprint density at radius 1 is 0.901 bits per heavy atom. The summed E-state index contributed by atoms with van der Waals surface area (Å²) in [4.78, 5) is 93.6. The highest BCUT2D eigenvalue weighted by atomic mass is 16.6. The molecule has 4 fully saturated rings. The minimum atomic E-state index is -1.91. The molecule has 428 valence electrons. The largest absolute Gasteiger partial charge is 0.458 e. The lowest BCUT2D eigenvalue weighted by molar-refractivity contribution is -0.182. The Hall–Kier alpha value is -6.49. The number of pyridine rings is 2. The van der Waals surface area contributed by atoms with Gasteiger partial charge in [0.25, 0.3) is 5.56 Å². The van der Waals surface area contributed by atoms with Gasteiger partial charge in [0.1, 0.15) is 12.4 Å². The van der Waals surface area contributed by atoms with Gasteiger partial charge in [0.05, 0.1) is 29.0 Å². The van der Waals surface area contributed by atoms with Crippen molar-refractivity contribution in [1.29, 1.82) is 0 Å². The van der Waals surface area contributed by atoms with Gasteiger partial charge >= 0.3 is 18.0 Å². The third-order valence-corrected chi connectivity index (χ3v) is 20.4.